The molecule has 0 heterocycles. The van der Waals surface area contributed by atoms with Crippen LogP contribution < -0.4 is 0 Å². The zero-order chi connectivity index (χ0) is 15.8. The van der Waals surface area contributed by atoms with E-state index in [9.17, 15) is 4.79 Å². The zero-order valence-electron chi connectivity index (χ0n) is 12.3. The first-order valence-electron chi connectivity index (χ1n) is 7.00. The van der Waals surface area contributed by atoms with Gasteiger partial charge in [-0.05, 0) is 36.3 Å². The summed E-state index contributed by atoms with van der Waals surface area (Å²) in [4.78, 5) is 12.1. The van der Waals surface area contributed by atoms with E-state index in [4.69, 9.17) is 16.3 Å². The Morgan fingerprint density at radius 3 is 2.41 bits per heavy atom. The van der Waals surface area contributed by atoms with Gasteiger partial charge in [0.1, 0.15) is 6.61 Å². The van der Waals surface area contributed by atoms with E-state index in [0.717, 1.165) is 11.1 Å². The Bertz CT molecular complexity index is 670. The van der Waals surface area contributed by atoms with Crippen molar-refractivity contribution in [3.8, 4) is 0 Å². The average Bonchev–Trinajstić information content (AvgIpc) is 2.56. The molecular formula is C19H17ClO2. The highest BCUT2D eigenvalue weighted by atomic mass is 35.5. The highest BCUT2D eigenvalue weighted by molar-refractivity contribution is 6.30. The lowest BCUT2D eigenvalue weighted by Crippen LogP contribution is -2.06. The van der Waals surface area contributed by atoms with Gasteiger partial charge in [0.2, 0.25) is 0 Å². The Kier molecular flexibility index (Phi) is 5.99. The number of benzene rings is 2. The first-order chi connectivity index (χ1) is 10.7. The first kappa shape index (κ1) is 16.1. The molecule has 0 saturated heterocycles. The van der Waals surface area contributed by atoms with Crippen molar-refractivity contribution >= 4 is 23.6 Å². The van der Waals surface area contributed by atoms with Crippen molar-refractivity contribution in [2.24, 2.45) is 0 Å². The van der Waals surface area contributed by atoms with Gasteiger partial charge in [-0.2, -0.15) is 0 Å². The summed E-state index contributed by atoms with van der Waals surface area (Å²) < 4.78 is 5.31. The Morgan fingerprint density at radius 1 is 1.09 bits per heavy atom. The fourth-order valence-corrected chi connectivity index (χ4v) is 1.97. The summed E-state index contributed by atoms with van der Waals surface area (Å²) in [5.74, 6) is -0.337. The Hall–Kier alpha value is -2.32. The molecule has 112 valence electrons. The molecule has 2 rings (SSSR count). The molecule has 2 aromatic carbocycles. The van der Waals surface area contributed by atoms with Crippen LogP contribution in [0.1, 0.15) is 18.1 Å². The van der Waals surface area contributed by atoms with Crippen molar-refractivity contribution in [1.82, 2.24) is 0 Å². The summed E-state index contributed by atoms with van der Waals surface area (Å²) in [5, 5.41) is 0.686. The molecule has 0 spiro atoms. The maximum atomic E-state index is 12.1. The predicted octanol–water partition coefficient (Wildman–Crippen LogP) is 5.04. The molecule has 0 atom stereocenters. The second-order valence-electron chi connectivity index (χ2n) is 4.69. The van der Waals surface area contributed by atoms with Crippen LogP contribution in [0.4, 0.5) is 0 Å². The van der Waals surface area contributed by atoms with E-state index in [-0.39, 0.29) is 12.6 Å². The molecule has 3 heteroatoms. The third-order valence-electron chi connectivity index (χ3n) is 3.08. The van der Waals surface area contributed by atoms with Crippen LogP contribution in [0.2, 0.25) is 5.02 Å². The van der Waals surface area contributed by atoms with E-state index in [1.807, 2.05) is 67.6 Å². The number of ether oxygens (including phenoxy) is 1. The fourth-order valence-electron chi connectivity index (χ4n) is 1.85. The van der Waals surface area contributed by atoms with E-state index >= 15 is 0 Å². The topological polar surface area (TPSA) is 26.3 Å². The van der Waals surface area contributed by atoms with Crippen LogP contribution in [0.3, 0.4) is 0 Å². The fraction of sp³-hybridized carbons (Fsp3) is 0.105. The molecular weight excluding hydrogens is 296 g/mol. The quantitative estimate of drug-likeness (QED) is 0.439. The smallest absolute Gasteiger partial charge is 0.338 e. The second-order valence-corrected chi connectivity index (χ2v) is 5.13. The molecule has 0 N–H and O–H groups in total. The number of halogens is 1. The van der Waals surface area contributed by atoms with E-state index in [2.05, 4.69) is 0 Å². The van der Waals surface area contributed by atoms with Crippen molar-refractivity contribution < 1.29 is 9.53 Å². The largest absolute Gasteiger partial charge is 0.457 e. The Balaban J connectivity index is 1.96. The van der Waals surface area contributed by atoms with Gasteiger partial charge in [0.15, 0.2) is 0 Å². The van der Waals surface area contributed by atoms with E-state index < -0.39 is 0 Å². The summed E-state index contributed by atoms with van der Waals surface area (Å²) >= 11 is 5.84. The predicted molar refractivity (Wildman–Crippen MR) is 90.5 cm³/mol. The molecule has 0 aliphatic heterocycles. The molecule has 0 aliphatic rings. The highest BCUT2D eigenvalue weighted by Gasteiger charge is 2.07. The molecule has 0 amide bonds. The van der Waals surface area contributed by atoms with Gasteiger partial charge in [0.05, 0.1) is 5.57 Å². The summed E-state index contributed by atoms with van der Waals surface area (Å²) in [5.41, 5.74) is 2.46. The van der Waals surface area contributed by atoms with Crippen LogP contribution >= 0.6 is 11.6 Å². The van der Waals surface area contributed by atoms with Crippen LogP contribution in [0.25, 0.3) is 6.08 Å². The lowest BCUT2D eigenvalue weighted by atomic mass is 10.1. The number of hydrogen-bond donors (Lipinski definition) is 0. The molecule has 0 radical (unpaired) electrons. The van der Waals surface area contributed by atoms with Crippen molar-refractivity contribution in [2.45, 2.75) is 13.5 Å². The van der Waals surface area contributed by atoms with E-state index in [1.54, 1.807) is 12.2 Å². The van der Waals surface area contributed by atoms with Crippen LogP contribution in [0.5, 0.6) is 0 Å². The number of carbonyl (C=O) groups excluding carboxylic acids is 1. The standard InChI is InChI=1S/C19H17ClO2/c1-2-17(11-8-15-9-12-18(20)13-10-15)19(21)22-14-16-6-4-3-5-7-16/h2-13H,14H2,1H3/b11-8+,17-2+. The van der Waals surface area contributed by atoms with Crippen LogP contribution in [0.15, 0.2) is 72.3 Å². The molecule has 2 nitrogen and oxygen atoms in total. The van der Waals surface area contributed by atoms with Gasteiger partial charge >= 0.3 is 5.97 Å². The Labute approximate surface area is 135 Å². The molecule has 0 aromatic heterocycles. The summed E-state index contributed by atoms with van der Waals surface area (Å²) in [6.07, 6.45) is 5.34. The van der Waals surface area contributed by atoms with Gasteiger partial charge in [-0.3, -0.25) is 0 Å². The number of carbonyl (C=O) groups is 1. The molecule has 0 saturated carbocycles. The van der Waals surface area contributed by atoms with Crippen LogP contribution in [0, 0.1) is 0 Å². The van der Waals surface area contributed by atoms with Gasteiger partial charge in [0.25, 0.3) is 0 Å². The van der Waals surface area contributed by atoms with Crippen molar-refractivity contribution in [1.29, 1.82) is 0 Å². The average molecular weight is 313 g/mol. The summed E-state index contributed by atoms with van der Waals surface area (Å²) in [7, 11) is 0. The highest BCUT2D eigenvalue weighted by Crippen LogP contribution is 2.12. The second kappa shape index (κ2) is 8.20. The molecule has 0 aliphatic carbocycles. The van der Waals surface area contributed by atoms with E-state index in [0.29, 0.717) is 10.6 Å². The van der Waals surface area contributed by atoms with Gasteiger partial charge in [-0.25, -0.2) is 4.79 Å². The minimum Gasteiger partial charge on any atom is -0.457 e. The molecule has 0 unspecified atom stereocenters. The third kappa shape index (κ3) is 4.90. The number of esters is 1. The summed E-state index contributed by atoms with van der Waals surface area (Å²) in [6.45, 7) is 2.08. The van der Waals surface area contributed by atoms with Crippen LogP contribution in [-0.2, 0) is 16.1 Å². The number of allylic oxidation sites excluding steroid dienone is 1. The zero-order valence-corrected chi connectivity index (χ0v) is 13.1. The van der Waals surface area contributed by atoms with Gasteiger partial charge in [0, 0.05) is 5.02 Å². The first-order valence-corrected chi connectivity index (χ1v) is 7.38. The van der Waals surface area contributed by atoms with Crippen molar-refractivity contribution in [3.63, 3.8) is 0 Å². The van der Waals surface area contributed by atoms with Gasteiger partial charge in [-0.15, -0.1) is 0 Å². The SMILES string of the molecule is C/C=C(\C=C\c1ccc(Cl)cc1)C(=O)OCc1ccccc1. The Morgan fingerprint density at radius 2 is 1.77 bits per heavy atom. The maximum absolute atomic E-state index is 12.1. The third-order valence-corrected chi connectivity index (χ3v) is 3.34. The number of rotatable bonds is 5. The monoisotopic (exact) mass is 312 g/mol. The van der Waals surface area contributed by atoms with Gasteiger partial charge < -0.3 is 4.74 Å². The number of hydrogen-bond acceptors (Lipinski definition) is 2. The van der Waals surface area contributed by atoms with Gasteiger partial charge in [-0.1, -0.05) is 66.2 Å². The minimum atomic E-state index is -0.337. The summed E-state index contributed by atoms with van der Waals surface area (Å²) in [6, 6.07) is 17.0. The molecule has 0 fully saturated rings. The molecule has 0 bridgehead atoms. The van der Waals surface area contributed by atoms with Crippen LogP contribution in [-0.4, -0.2) is 5.97 Å². The minimum absolute atomic E-state index is 0.270. The lowest BCUT2D eigenvalue weighted by Gasteiger charge is -2.05. The van der Waals surface area contributed by atoms with Crippen molar-refractivity contribution in [3.05, 3.63) is 88.5 Å². The maximum Gasteiger partial charge on any atom is 0.338 e. The molecule has 22 heavy (non-hydrogen) atoms. The van der Waals surface area contributed by atoms with E-state index in [1.165, 1.54) is 0 Å². The van der Waals surface area contributed by atoms with Crippen molar-refractivity contribution in [2.75, 3.05) is 0 Å². The lowest BCUT2D eigenvalue weighted by molar-refractivity contribution is -0.139. The normalized spacial score (nSPS) is 11.6. The molecule has 2 aromatic rings.